The Kier molecular flexibility index (Phi) is 10.3. The maximum absolute atomic E-state index is 13.6. The number of amides is 2. The molecule has 0 aliphatic carbocycles. The van der Waals surface area contributed by atoms with Crippen LogP contribution >= 0.6 is 0 Å². The number of hydrogen-bond acceptors (Lipinski definition) is 5. The number of methoxy groups -OCH3 is 1. The minimum Gasteiger partial charge on any atom is -0.453 e. The van der Waals surface area contributed by atoms with Gasteiger partial charge >= 0.3 is 24.5 Å². The predicted octanol–water partition coefficient (Wildman–Crippen LogP) is 7.76. The number of benzene rings is 1. The van der Waals surface area contributed by atoms with Gasteiger partial charge in [-0.2, -0.15) is 31.4 Å². The second-order valence-corrected chi connectivity index (χ2v) is 11.7. The highest BCUT2D eigenvalue weighted by atomic mass is 19.4. The van der Waals surface area contributed by atoms with Gasteiger partial charge in [0.25, 0.3) is 0 Å². The van der Waals surface area contributed by atoms with Gasteiger partial charge in [0.05, 0.1) is 18.2 Å². The summed E-state index contributed by atoms with van der Waals surface area (Å²) in [6, 6.07) is 1.32. The Morgan fingerprint density at radius 1 is 1.05 bits per heavy atom. The standard InChI is InChI=1S/C29H38F6N4O4/c1-7-20-14-21(15-24(22(8-2)23-9-10-36-37-23)39(20)26(41)43-27(3,4)5)38(25(40)42-6)16-17-11-18(28(30,31)32)13-19(12-17)29(33,34)35/h9-13,20-22,24H,7-8,14-16H2,1-6H3,(H,36,37). The highest BCUT2D eigenvalue weighted by molar-refractivity contribution is 5.70. The number of hydrogen-bond donors (Lipinski definition) is 1. The Bertz CT molecular complexity index is 1210. The third-order valence-corrected chi connectivity index (χ3v) is 7.56. The minimum atomic E-state index is -5.04. The number of halogens is 6. The fourth-order valence-corrected chi connectivity index (χ4v) is 5.70. The maximum Gasteiger partial charge on any atom is 0.416 e. The predicted molar refractivity (Wildman–Crippen MR) is 145 cm³/mol. The molecular formula is C29H38F6N4O4. The lowest BCUT2D eigenvalue weighted by atomic mass is 9.80. The number of nitrogens with zero attached hydrogens (tertiary/aromatic N) is 3. The molecule has 0 saturated carbocycles. The molecule has 240 valence electrons. The van der Waals surface area contributed by atoms with Crippen LogP contribution < -0.4 is 0 Å². The van der Waals surface area contributed by atoms with E-state index in [0.29, 0.717) is 25.0 Å². The van der Waals surface area contributed by atoms with E-state index in [1.807, 2.05) is 13.8 Å². The summed E-state index contributed by atoms with van der Waals surface area (Å²) < 4.78 is 92.1. The van der Waals surface area contributed by atoms with Gasteiger partial charge in [0, 0.05) is 42.5 Å². The van der Waals surface area contributed by atoms with Gasteiger partial charge in [0.1, 0.15) is 5.60 Å². The average Bonchev–Trinajstić information content (AvgIpc) is 3.43. The molecule has 14 heteroatoms. The largest absolute Gasteiger partial charge is 0.453 e. The molecule has 4 unspecified atom stereocenters. The van der Waals surface area contributed by atoms with Crippen molar-refractivity contribution in [3.8, 4) is 0 Å². The molecule has 43 heavy (non-hydrogen) atoms. The molecule has 1 aromatic carbocycles. The number of ether oxygens (including phenoxy) is 2. The number of piperidine rings is 1. The number of aromatic amines is 1. The number of carbonyl (C=O) groups excluding carboxylic acids is 2. The van der Waals surface area contributed by atoms with Crippen LogP contribution in [-0.2, 0) is 28.4 Å². The SMILES string of the molecule is CCC(c1ccn[nH]1)C1CC(N(Cc2cc(C(F)(F)F)cc(C(F)(F)F)c2)C(=O)OC)CC(CC)N1C(=O)OC(C)(C)C. The second kappa shape index (κ2) is 13.0. The number of alkyl halides is 6. The summed E-state index contributed by atoms with van der Waals surface area (Å²) in [6.45, 7) is 8.42. The molecule has 1 aromatic heterocycles. The van der Waals surface area contributed by atoms with Crippen LogP contribution in [-0.4, -0.2) is 63.0 Å². The zero-order valence-corrected chi connectivity index (χ0v) is 25.0. The van der Waals surface area contributed by atoms with E-state index in [0.717, 1.165) is 17.7 Å². The fourth-order valence-electron chi connectivity index (χ4n) is 5.70. The van der Waals surface area contributed by atoms with E-state index in [4.69, 9.17) is 9.47 Å². The van der Waals surface area contributed by atoms with E-state index < -0.39 is 65.9 Å². The molecule has 4 atom stereocenters. The topological polar surface area (TPSA) is 87.8 Å². The van der Waals surface area contributed by atoms with Crippen LogP contribution in [0.4, 0.5) is 35.9 Å². The molecule has 0 radical (unpaired) electrons. The molecule has 8 nitrogen and oxygen atoms in total. The number of aromatic nitrogens is 2. The Hall–Kier alpha value is -3.45. The zero-order valence-electron chi connectivity index (χ0n) is 25.0. The van der Waals surface area contributed by atoms with E-state index >= 15 is 0 Å². The van der Waals surface area contributed by atoms with Crippen molar-refractivity contribution in [2.24, 2.45) is 0 Å². The maximum atomic E-state index is 13.6. The molecule has 3 rings (SSSR count). The van der Waals surface area contributed by atoms with E-state index in [-0.39, 0.29) is 30.4 Å². The van der Waals surface area contributed by atoms with Gasteiger partial charge in [-0.3, -0.25) is 5.10 Å². The summed E-state index contributed by atoms with van der Waals surface area (Å²) in [5, 5.41) is 6.97. The van der Waals surface area contributed by atoms with Crippen molar-refractivity contribution in [2.45, 2.75) is 109 Å². The Balaban J connectivity index is 2.09. The highest BCUT2D eigenvalue weighted by Gasteiger charge is 2.46. The van der Waals surface area contributed by atoms with Gasteiger partial charge in [0.2, 0.25) is 0 Å². The van der Waals surface area contributed by atoms with E-state index in [2.05, 4.69) is 10.2 Å². The van der Waals surface area contributed by atoms with Crippen molar-refractivity contribution in [3.63, 3.8) is 0 Å². The van der Waals surface area contributed by atoms with E-state index in [1.54, 1.807) is 37.9 Å². The quantitative estimate of drug-likeness (QED) is 0.320. The molecular weight excluding hydrogens is 582 g/mol. The Morgan fingerprint density at radius 3 is 2.09 bits per heavy atom. The van der Waals surface area contributed by atoms with Crippen LogP contribution in [0.5, 0.6) is 0 Å². The molecule has 1 N–H and O–H groups in total. The number of likely N-dealkylation sites (tertiary alicyclic amines) is 1. The Morgan fingerprint density at radius 2 is 1.65 bits per heavy atom. The van der Waals surface area contributed by atoms with Crippen molar-refractivity contribution < 1.29 is 45.4 Å². The van der Waals surface area contributed by atoms with Gasteiger partial charge in [-0.25, -0.2) is 9.59 Å². The summed E-state index contributed by atoms with van der Waals surface area (Å²) in [5.41, 5.74) is -3.38. The minimum absolute atomic E-state index is 0.0463. The average molecular weight is 621 g/mol. The molecule has 0 spiro atoms. The lowest BCUT2D eigenvalue weighted by molar-refractivity contribution is -0.143. The van der Waals surface area contributed by atoms with Gasteiger partial charge in [0.15, 0.2) is 0 Å². The monoisotopic (exact) mass is 620 g/mol. The summed E-state index contributed by atoms with van der Waals surface area (Å²) in [4.78, 5) is 29.5. The molecule has 1 saturated heterocycles. The van der Waals surface area contributed by atoms with Gasteiger partial charge in [-0.05, 0) is 76.3 Å². The first kappa shape index (κ1) is 34.0. The van der Waals surface area contributed by atoms with Gasteiger partial charge in [-0.1, -0.05) is 13.8 Å². The van der Waals surface area contributed by atoms with Crippen molar-refractivity contribution in [3.05, 3.63) is 52.8 Å². The lowest BCUT2D eigenvalue weighted by Gasteiger charge is -2.49. The van der Waals surface area contributed by atoms with Crippen LogP contribution in [0.25, 0.3) is 0 Å². The van der Waals surface area contributed by atoms with Crippen LogP contribution in [0.2, 0.25) is 0 Å². The number of rotatable bonds is 7. The Labute approximate surface area is 246 Å². The van der Waals surface area contributed by atoms with Gasteiger partial charge < -0.3 is 19.3 Å². The fraction of sp³-hybridized carbons (Fsp3) is 0.621. The lowest BCUT2D eigenvalue weighted by Crippen LogP contribution is -2.59. The van der Waals surface area contributed by atoms with Crippen molar-refractivity contribution in [1.82, 2.24) is 20.0 Å². The first-order chi connectivity index (χ1) is 19.9. The normalized spacial score (nSPS) is 20.5. The summed E-state index contributed by atoms with van der Waals surface area (Å²) in [7, 11) is 1.09. The molecule has 1 aliphatic rings. The molecule has 1 fully saturated rings. The smallest absolute Gasteiger partial charge is 0.416 e. The van der Waals surface area contributed by atoms with Gasteiger partial charge in [-0.15, -0.1) is 0 Å². The number of nitrogens with one attached hydrogen (secondary N) is 1. The van der Waals surface area contributed by atoms with Crippen molar-refractivity contribution in [1.29, 1.82) is 0 Å². The number of H-pyrrole nitrogens is 1. The molecule has 2 aromatic rings. The number of carbonyl (C=O) groups is 2. The third-order valence-electron chi connectivity index (χ3n) is 7.56. The molecule has 0 bridgehead atoms. The molecule has 2 heterocycles. The van der Waals surface area contributed by atoms with Crippen LogP contribution in [0.1, 0.15) is 88.6 Å². The zero-order chi connectivity index (χ0) is 32.3. The summed E-state index contributed by atoms with van der Waals surface area (Å²) in [5.74, 6) is -0.295. The second-order valence-electron chi connectivity index (χ2n) is 11.7. The highest BCUT2D eigenvalue weighted by Crippen LogP contribution is 2.40. The summed E-state index contributed by atoms with van der Waals surface area (Å²) in [6.07, 6.45) is -8.62. The van der Waals surface area contributed by atoms with E-state index in [9.17, 15) is 35.9 Å². The van der Waals surface area contributed by atoms with Crippen LogP contribution in [0, 0.1) is 0 Å². The van der Waals surface area contributed by atoms with Crippen LogP contribution in [0.15, 0.2) is 30.5 Å². The first-order valence-electron chi connectivity index (χ1n) is 14.0. The van der Waals surface area contributed by atoms with Crippen molar-refractivity contribution >= 4 is 12.2 Å². The van der Waals surface area contributed by atoms with E-state index in [1.165, 1.54) is 0 Å². The molecule has 1 aliphatic heterocycles. The van der Waals surface area contributed by atoms with Crippen LogP contribution in [0.3, 0.4) is 0 Å². The van der Waals surface area contributed by atoms with Crippen molar-refractivity contribution in [2.75, 3.05) is 7.11 Å². The third kappa shape index (κ3) is 8.35. The first-order valence-corrected chi connectivity index (χ1v) is 14.0. The summed E-state index contributed by atoms with van der Waals surface area (Å²) >= 11 is 0. The molecule has 2 amide bonds.